The molecule has 1 amide bonds. The van der Waals surface area contributed by atoms with Crippen LogP contribution in [0.3, 0.4) is 0 Å². The summed E-state index contributed by atoms with van der Waals surface area (Å²) < 4.78 is 65.8. The fourth-order valence-electron chi connectivity index (χ4n) is 2.72. The summed E-state index contributed by atoms with van der Waals surface area (Å²) in [6.45, 7) is 1.71. The smallest absolute Gasteiger partial charge is 0.325 e. The summed E-state index contributed by atoms with van der Waals surface area (Å²) in [5.41, 5.74) is -0.818. The predicted molar refractivity (Wildman–Crippen MR) is 124 cm³/mol. The van der Waals surface area contributed by atoms with Crippen LogP contribution in [0.15, 0.2) is 82.6 Å². The van der Waals surface area contributed by atoms with Crippen molar-refractivity contribution in [2.75, 3.05) is 10.0 Å². The van der Waals surface area contributed by atoms with Crippen molar-refractivity contribution in [2.24, 2.45) is 0 Å². The lowest BCUT2D eigenvalue weighted by Crippen LogP contribution is -2.22. The Morgan fingerprint density at radius 1 is 0.970 bits per heavy atom. The zero-order valence-electron chi connectivity index (χ0n) is 17.1. The third-order valence-corrected chi connectivity index (χ3v) is 7.40. The van der Waals surface area contributed by atoms with Crippen LogP contribution in [-0.4, -0.2) is 19.6 Å². The van der Waals surface area contributed by atoms with Crippen LogP contribution < -0.4 is 10.0 Å². The molecule has 174 valence electrons. The van der Waals surface area contributed by atoms with Gasteiger partial charge in [-0.1, -0.05) is 29.8 Å². The Bertz CT molecular complexity index is 1250. The second-order valence-electron chi connectivity index (χ2n) is 6.89. The van der Waals surface area contributed by atoms with Crippen LogP contribution in [0, 0.1) is 0 Å². The Kier molecular flexibility index (Phi) is 7.61. The molecule has 3 rings (SSSR count). The van der Waals surface area contributed by atoms with Gasteiger partial charge in [-0.2, -0.15) is 13.2 Å². The van der Waals surface area contributed by atoms with Crippen molar-refractivity contribution in [2.45, 2.75) is 28.1 Å². The Morgan fingerprint density at radius 2 is 1.64 bits per heavy atom. The molecule has 0 aromatic heterocycles. The molecule has 3 aromatic carbocycles. The summed E-state index contributed by atoms with van der Waals surface area (Å²) in [7, 11) is -4.13. The molecule has 0 spiro atoms. The molecule has 2 N–H and O–H groups in total. The molecule has 1 atom stereocenters. The van der Waals surface area contributed by atoms with Crippen molar-refractivity contribution >= 4 is 50.7 Å². The van der Waals surface area contributed by atoms with Crippen molar-refractivity contribution < 1.29 is 26.4 Å². The van der Waals surface area contributed by atoms with Crippen LogP contribution in [0.5, 0.6) is 0 Å². The number of benzene rings is 3. The van der Waals surface area contributed by atoms with Crippen LogP contribution >= 0.6 is 23.4 Å². The molecule has 33 heavy (non-hydrogen) atoms. The van der Waals surface area contributed by atoms with Gasteiger partial charge >= 0.3 is 6.18 Å². The van der Waals surface area contributed by atoms with E-state index in [1.54, 1.807) is 25.1 Å². The SMILES string of the molecule is CC(Sc1ccccc1Cl)C(=O)Nc1ccc(S(=O)(=O)Nc2cccc(C(F)(F)F)c2)cc1. The van der Waals surface area contributed by atoms with E-state index in [1.807, 2.05) is 6.07 Å². The molecule has 0 saturated heterocycles. The molecule has 0 heterocycles. The minimum atomic E-state index is -4.59. The summed E-state index contributed by atoms with van der Waals surface area (Å²) in [6, 6.07) is 16.3. The highest BCUT2D eigenvalue weighted by Gasteiger charge is 2.30. The van der Waals surface area contributed by atoms with Gasteiger partial charge in [0.15, 0.2) is 0 Å². The first-order chi connectivity index (χ1) is 15.5. The molecular weight excluding hydrogens is 497 g/mol. The van der Waals surface area contributed by atoms with E-state index in [0.717, 1.165) is 17.0 Å². The van der Waals surface area contributed by atoms with Crippen molar-refractivity contribution in [3.8, 4) is 0 Å². The van der Waals surface area contributed by atoms with Crippen LogP contribution in [0.4, 0.5) is 24.5 Å². The molecule has 0 aliphatic rings. The summed E-state index contributed by atoms with van der Waals surface area (Å²) in [5.74, 6) is -0.308. The van der Waals surface area contributed by atoms with E-state index in [1.165, 1.54) is 42.1 Å². The number of hydrogen-bond donors (Lipinski definition) is 2. The third kappa shape index (κ3) is 6.66. The normalized spacial score (nSPS) is 12.8. The molecule has 11 heteroatoms. The van der Waals surface area contributed by atoms with Crippen LogP contribution in [0.1, 0.15) is 12.5 Å². The zero-order chi connectivity index (χ0) is 24.2. The van der Waals surface area contributed by atoms with Gasteiger partial charge in [0, 0.05) is 16.3 Å². The molecule has 0 saturated carbocycles. The minimum absolute atomic E-state index is 0.170. The number of anilines is 2. The highest BCUT2D eigenvalue weighted by Crippen LogP contribution is 2.32. The molecule has 0 aliphatic carbocycles. The van der Waals surface area contributed by atoms with Gasteiger partial charge < -0.3 is 5.32 Å². The molecule has 5 nitrogen and oxygen atoms in total. The Balaban J connectivity index is 1.66. The summed E-state index contributed by atoms with van der Waals surface area (Å²) in [5, 5.41) is 2.75. The van der Waals surface area contributed by atoms with Gasteiger partial charge in [-0.25, -0.2) is 8.42 Å². The van der Waals surface area contributed by atoms with Crippen LogP contribution in [-0.2, 0) is 21.0 Å². The monoisotopic (exact) mass is 514 g/mol. The lowest BCUT2D eigenvalue weighted by atomic mass is 10.2. The van der Waals surface area contributed by atoms with E-state index < -0.39 is 27.0 Å². The molecule has 1 unspecified atom stereocenters. The van der Waals surface area contributed by atoms with Crippen molar-refractivity contribution in [1.82, 2.24) is 0 Å². The minimum Gasteiger partial charge on any atom is -0.325 e. The maximum absolute atomic E-state index is 12.9. The van der Waals surface area contributed by atoms with E-state index in [-0.39, 0.29) is 16.5 Å². The van der Waals surface area contributed by atoms with Crippen LogP contribution in [0.2, 0.25) is 5.02 Å². The van der Waals surface area contributed by atoms with E-state index in [4.69, 9.17) is 11.6 Å². The Morgan fingerprint density at radius 3 is 2.27 bits per heavy atom. The first-order valence-corrected chi connectivity index (χ1v) is 12.2. The number of thioether (sulfide) groups is 1. The highest BCUT2D eigenvalue weighted by molar-refractivity contribution is 8.00. The lowest BCUT2D eigenvalue weighted by molar-refractivity contribution is -0.137. The largest absolute Gasteiger partial charge is 0.416 e. The van der Waals surface area contributed by atoms with Crippen molar-refractivity contribution in [3.63, 3.8) is 0 Å². The number of sulfonamides is 1. The summed E-state index contributed by atoms with van der Waals surface area (Å²) in [4.78, 5) is 13.1. The Hall–Kier alpha value is -2.69. The topological polar surface area (TPSA) is 75.3 Å². The van der Waals surface area contributed by atoms with Gasteiger partial charge in [-0.3, -0.25) is 9.52 Å². The van der Waals surface area contributed by atoms with E-state index in [9.17, 15) is 26.4 Å². The molecule has 3 aromatic rings. The number of nitrogens with one attached hydrogen (secondary N) is 2. The number of carbonyl (C=O) groups excluding carboxylic acids is 1. The van der Waals surface area contributed by atoms with Crippen molar-refractivity contribution in [1.29, 1.82) is 0 Å². The lowest BCUT2D eigenvalue weighted by Gasteiger charge is -2.14. The zero-order valence-corrected chi connectivity index (χ0v) is 19.4. The van der Waals surface area contributed by atoms with Gasteiger partial charge in [0.25, 0.3) is 10.0 Å². The highest BCUT2D eigenvalue weighted by atomic mass is 35.5. The maximum Gasteiger partial charge on any atom is 0.416 e. The number of alkyl halides is 3. The average Bonchev–Trinajstić information content (AvgIpc) is 2.75. The third-order valence-electron chi connectivity index (χ3n) is 4.38. The Labute approximate surface area is 198 Å². The molecular formula is C22H18ClF3N2O3S2. The number of carbonyl (C=O) groups is 1. The summed E-state index contributed by atoms with van der Waals surface area (Å²) >= 11 is 7.39. The first kappa shape index (κ1) is 24.9. The number of amides is 1. The summed E-state index contributed by atoms with van der Waals surface area (Å²) in [6.07, 6.45) is -4.59. The fourth-order valence-corrected chi connectivity index (χ4v) is 4.92. The second kappa shape index (κ2) is 10.1. The van der Waals surface area contributed by atoms with Gasteiger partial charge in [-0.15, -0.1) is 11.8 Å². The van der Waals surface area contributed by atoms with Gasteiger partial charge in [0.1, 0.15) is 0 Å². The second-order valence-corrected chi connectivity index (χ2v) is 10.4. The fraction of sp³-hybridized carbons (Fsp3) is 0.136. The van der Waals surface area contributed by atoms with E-state index in [2.05, 4.69) is 10.0 Å². The van der Waals surface area contributed by atoms with E-state index in [0.29, 0.717) is 16.8 Å². The molecule has 0 aliphatic heterocycles. The molecule has 0 fully saturated rings. The van der Waals surface area contributed by atoms with Gasteiger partial charge in [0.05, 0.1) is 20.7 Å². The number of halogens is 4. The maximum atomic E-state index is 12.9. The van der Waals surface area contributed by atoms with E-state index >= 15 is 0 Å². The molecule has 0 radical (unpaired) electrons. The quantitative estimate of drug-likeness (QED) is 0.364. The average molecular weight is 515 g/mol. The standard InChI is InChI=1S/C22H18ClF3N2O3S2/c1-14(32-20-8-3-2-7-19(20)23)21(29)27-16-9-11-18(12-10-16)33(30,31)28-17-6-4-5-15(13-17)22(24,25)26/h2-14,28H,1H3,(H,27,29). The van der Waals surface area contributed by atoms with Crippen LogP contribution in [0.25, 0.3) is 0 Å². The first-order valence-electron chi connectivity index (χ1n) is 9.48. The van der Waals surface area contributed by atoms with Crippen molar-refractivity contribution in [3.05, 3.63) is 83.4 Å². The molecule has 0 bridgehead atoms. The number of rotatable bonds is 7. The number of hydrogen-bond acceptors (Lipinski definition) is 4. The predicted octanol–water partition coefficient (Wildman–Crippen LogP) is 6.28. The van der Waals surface area contributed by atoms with Gasteiger partial charge in [0.2, 0.25) is 5.91 Å². The van der Waals surface area contributed by atoms with Gasteiger partial charge in [-0.05, 0) is 61.5 Å².